The lowest BCUT2D eigenvalue weighted by atomic mass is 10.1. The van der Waals surface area contributed by atoms with Gasteiger partial charge in [-0.05, 0) is 31.0 Å². The van der Waals surface area contributed by atoms with Crippen LogP contribution in [0.2, 0.25) is 0 Å². The quantitative estimate of drug-likeness (QED) is 0.841. The summed E-state index contributed by atoms with van der Waals surface area (Å²) in [6.45, 7) is 3.10. The largest absolute Gasteiger partial charge is 0.449 e. The fourth-order valence-electron chi connectivity index (χ4n) is 2.13. The molecule has 0 aliphatic rings. The third-order valence-corrected chi connectivity index (χ3v) is 3.13. The second-order valence-electron chi connectivity index (χ2n) is 4.55. The molecule has 1 aromatic carbocycles. The first-order valence-corrected chi connectivity index (χ1v) is 6.74. The molecule has 0 amide bonds. The zero-order valence-electron chi connectivity index (χ0n) is 11.3. The number of fused-ring (bicyclic) bond motifs is 1. The Balaban J connectivity index is 2.29. The second-order valence-corrected chi connectivity index (χ2v) is 4.55. The Bertz CT molecular complexity index is 560. The third-order valence-electron chi connectivity index (χ3n) is 3.13. The maximum atomic E-state index is 12.1. The smallest absolute Gasteiger partial charge is 0.418 e. The summed E-state index contributed by atoms with van der Waals surface area (Å²) < 4.78 is 6.84. The number of para-hydroxylation sites is 1. The number of carbonyl (C=O) groups is 1. The van der Waals surface area contributed by atoms with Crippen LogP contribution in [0.15, 0.2) is 30.5 Å². The highest BCUT2D eigenvalue weighted by Crippen LogP contribution is 2.21. The molecule has 0 radical (unpaired) electrons. The van der Waals surface area contributed by atoms with Gasteiger partial charge in [-0.3, -0.25) is 4.57 Å². The van der Waals surface area contributed by atoms with Crippen LogP contribution in [0, 0.1) is 0 Å². The molecule has 4 nitrogen and oxygen atoms in total. The Morgan fingerprint density at radius 2 is 2.16 bits per heavy atom. The fourth-order valence-corrected chi connectivity index (χ4v) is 2.13. The van der Waals surface area contributed by atoms with Crippen molar-refractivity contribution in [3.8, 4) is 0 Å². The highest BCUT2D eigenvalue weighted by Gasteiger charge is 2.13. The van der Waals surface area contributed by atoms with Crippen LogP contribution in [0.1, 0.15) is 25.3 Å². The number of nitrogens with two attached hydrogens (primary N) is 1. The summed E-state index contributed by atoms with van der Waals surface area (Å²) >= 11 is 0. The van der Waals surface area contributed by atoms with E-state index in [1.807, 2.05) is 30.5 Å². The van der Waals surface area contributed by atoms with E-state index in [4.69, 9.17) is 10.5 Å². The van der Waals surface area contributed by atoms with E-state index < -0.39 is 0 Å². The molecule has 2 rings (SSSR count). The number of hydrogen-bond acceptors (Lipinski definition) is 3. The van der Waals surface area contributed by atoms with Crippen LogP contribution in [0.4, 0.5) is 4.79 Å². The molecule has 2 aromatic rings. The molecule has 19 heavy (non-hydrogen) atoms. The minimum absolute atomic E-state index is 0.312. The molecule has 1 aromatic heterocycles. The zero-order chi connectivity index (χ0) is 13.7. The van der Waals surface area contributed by atoms with Crippen molar-refractivity contribution >= 4 is 17.0 Å². The Kier molecular flexibility index (Phi) is 4.58. The van der Waals surface area contributed by atoms with Crippen molar-refractivity contribution < 1.29 is 9.53 Å². The SMILES string of the molecule is CCCCOC(=O)n1cc(CCN)c2ccccc21. The van der Waals surface area contributed by atoms with Gasteiger partial charge in [0.25, 0.3) is 0 Å². The summed E-state index contributed by atoms with van der Waals surface area (Å²) in [6, 6.07) is 7.83. The lowest BCUT2D eigenvalue weighted by Gasteiger charge is -2.05. The second kappa shape index (κ2) is 6.38. The molecule has 0 fully saturated rings. The van der Waals surface area contributed by atoms with E-state index >= 15 is 0 Å². The van der Waals surface area contributed by atoms with Crippen LogP contribution < -0.4 is 5.73 Å². The predicted molar refractivity (Wildman–Crippen MR) is 76.4 cm³/mol. The number of unbranched alkanes of at least 4 members (excludes halogenated alkanes) is 1. The summed E-state index contributed by atoms with van der Waals surface area (Å²) in [5, 5.41) is 1.07. The summed E-state index contributed by atoms with van der Waals surface area (Å²) in [6.07, 6.45) is 4.19. The molecular formula is C15H20N2O2. The average molecular weight is 260 g/mol. The summed E-state index contributed by atoms with van der Waals surface area (Å²) in [5.74, 6) is 0. The van der Waals surface area contributed by atoms with E-state index in [2.05, 4.69) is 6.92 Å². The molecule has 0 unspecified atom stereocenters. The highest BCUT2D eigenvalue weighted by molar-refractivity contribution is 5.91. The first-order chi connectivity index (χ1) is 9.27. The van der Waals surface area contributed by atoms with Crippen LogP contribution >= 0.6 is 0 Å². The molecule has 0 spiro atoms. The van der Waals surface area contributed by atoms with E-state index in [9.17, 15) is 4.79 Å². The number of benzene rings is 1. The lowest BCUT2D eigenvalue weighted by Crippen LogP contribution is -2.13. The molecule has 0 saturated heterocycles. The van der Waals surface area contributed by atoms with Gasteiger partial charge in [-0.25, -0.2) is 4.79 Å². The number of carbonyl (C=O) groups excluding carboxylic acids is 1. The number of nitrogens with zero attached hydrogens (tertiary/aromatic N) is 1. The van der Waals surface area contributed by atoms with Gasteiger partial charge in [-0.15, -0.1) is 0 Å². The maximum Gasteiger partial charge on any atom is 0.418 e. The zero-order valence-corrected chi connectivity index (χ0v) is 11.3. The molecule has 0 saturated carbocycles. The van der Waals surface area contributed by atoms with Crippen LogP contribution in [-0.4, -0.2) is 23.8 Å². The normalized spacial score (nSPS) is 10.8. The monoisotopic (exact) mass is 260 g/mol. The highest BCUT2D eigenvalue weighted by atomic mass is 16.5. The van der Waals surface area contributed by atoms with E-state index in [0.29, 0.717) is 13.2 Å². The van der Waals surface area contributed by atoms with Gasteiger partial charge in [0.1, 0.15) is 0 Å². The van der Waals surface area contributed by atoms with Crippen molar-refractivity contribution in [1.29, 1.82) is 0 Å². The first-order valence-electron chi connectivity index (χ1n) is 6.74. The van der Waals surface area contributed by atoms with Gasteiger partial charge in [0.05, 0.1) is 12.1 Å². The van der Waals surface area contributed by atoms with Crippen molar-refractivity contribution in [2.75, 3.05) is 13.2 Å². The Morgan fingerprint density at radius 1 is 1.37 bits per heavy atom. The van der Waals surface area contributed by atoms with Crippen molar-refractivity contribution in [2.45, 2.75) is 26.2 Å². The van der Waals surface area contributed by atoms with Crippen molar-refractivity contribution in [1.82, 2.24) is 4.57 Å². The molecule has 0 aliphatic carbocycles. The van der Waals surface area contributed by atoms with Crippen molar-refractivity contribution in [3.05, 3.63) is 36.0 Å². The van der Waals surface area contributed by atoms with Gasteiger partial charge in [-0.2, -0.15) is 0 Å². The van der Waals surface area contributed by atoms with Crippen molar-refractivity contribution in [3.63, 3.8) is 0 Å². The van der Waals surface area contributed by atoms with Crippen LogP contribution in [0.3, 0.4) is 0 Å². The van der Waals surface area contributed by atoms with Crippen LogP contribution in [-0.2, 0) is 11.2 Å². The third kappa shape index (κ3) is 2.96. The van der Waals surface area contributed by atoms with Gasteiger partial charge in [0.2, 0.25) is 0 Å². The molecule has 0 bridgehead atoms. The Morgan fingerprint density at radius 3 is 2.89 bits per heavy atom. The minimum Gasteiger partial charge on any atom is -0.449 e. The Hall–Kier alpha value is -1.81. The maximum absolute atomic E-state index is 12.1. The van der Waals surface area contributed by atoms with E-state index in [0.717, 1.165) is 35.7 Å². The van der Waals surface area contributed by atoms with Crippen LogP contribution in [0.5, 0.6) is 0 Å². The Labute approximate surface area is 113 Å². The van der Waals surface area contributed by atoms with Gasteiger partial charge in [-0.1, -0.05) is 31.5 Å². The summed E-state index contributed by atoms with van der Waals surface area (Å²) in [4.78, 5) is 12.1. The average Bonchev–Trinajstić information content (AvgIpc) is 2.79. The summed E-state index contributed by atoms with van der Waals surface area (Å²) in [5.41, 5.74) is 7.58. The van der Waals surface area contributed by atoms with Crippen molar-refractivity contribution in [2.24, 2.45) is 5.73 Å². The molecule has 1 heterocycles. The van der Waals surface area contributed by atoms with E-state index in [1.54, 1.807) is 4.57 Å². The predicted octanol–water partition coefficient (Wildman–Crippen LogP) is 2.93. The van der Waals surface area contributed by atoms with Gasteiger partial charge < -0.3 is 10.5 Å². The fraction of sp³-hybridized carbons (Fsp3) is 0.400. The van der Waals surface area contributed by atoms with Crippen LogP contribution in [0.25, 0.3) is 10.9 Å². The molecule has 4 heteroatoms. The minimum atomic E-state index is -0.312. The van der Waals surface area contributed by atoms with Gasteiger partial charge in [0.15, 0.2) is 0 Å². The number of rotatable bonds is 5. The summed E-state index contributed by atoms with van der Waals surface area (Å²) in [7, 11) is 0. The molecule has 2 N–H and O–H groups in total. The topological polar surface area (TPSA) is 57.2 Å². The van der Waals surface area contributed by atoms with E-state index in [-0.39, 0.29) is 6.09 Å². The van der Waals surface area contributed by atoms with Gasteiger partial charge in [0, 0.05) is 11.6 Å². The number of aromatic nitrogens is 1. The number of ether oxygens (including phenoxy) is 1. The lowest BCUT2D eigenvalue weighted by molar-refractivity contribution is 0.147. The van der Waals surface area contributed by atoms with Gasteiger partial charge >= 0.3 is 6.09 Å². The standard InChI is InChI=1S/C15H20N2O2/c1-2-3-10-19-15(18)17-11-12(8-9-16)13-6-4-5-7-14(13)17/h4-7,11H,2-3,8-10,16H2,1H3. The first kappa shape index (κ1) is 13.6. The number of hydrogen-bond donors (Lipinski definition) is 1. The molecule has 0 atom stereocenters. The molecule has 102 valence electrons. The van der Waals surface area contributed by atoms with E-state index in [1.165, 1.54) is 0 Å². The molecular weight excluding hydrogens is 240 g/mol. The molecule has 0 aliphatic heterocycles.